The summed E-state index contributed by atoms with van der Waals surface area (Å²) in [6.45, 7) is 3.42. The van der Waals surface area contributed by atoms with Crippen LogP contribution < -0.4 is 15.5 Å². The molecule has 0 radical (unpaired) electrons. The van der Waals surface area contributed by atoms with Gasteiger partial charge in [-0.3, -0.25) is 9.39 Å². The number of hydrogen-bond donors (Lipinski definition) is 2. The Morgan fingerprint density at radius 1 is 1.03 bits per heavy atom. The molecule has 0 spiro atoms. The first-order valence-electron chi connectivity index (χ1n) is 10.3. The molecule has 1 fully saturated rings. The summed E-state index contributed by atoms with van der Waals surface area (Å²) in [5.41, 5.74) is 2.03. The van der Waals surface area contributed by atoms with Crippen LogP contribution in [0.2, 0.25) is 0 Å². The minimum Gasteiger partial charge on any atom is -0.357 e. The number of anilines is 1. The van der Waals surface area contributed by atoms with E-state index in [2.05, 4.69) is 41.8 Å². The molecule has 4 rings (SSSR count). The Balaban J connectivity index is 1.34. The van der Waals surface area contributed by atoms with E-state index in [1.807, 2.05) is 41.1 Å². The van der Waals surface area contributed by atoms with Crippen LogP contribution in [0.15, 0.2) is 47.7 Å². The normalized spacial score (nSPS) is 15.3. The van der Waals surface area contributed by atoms with Gasteiger partial charge >= 0.3 is 0 Å². The van der Waals surface area contributed by atoms with Crippen LogP contribution in [0, 0.1) is 0 Å². The number of rotatable bonds is 5. The first-order valence-corrected chi connectivity index (χ1v) is 10.3. The second kappa shape index (κ2) is 9.36. The number of aliphatic imine (C=N–C) groups is 1. The number of fused-ring (bicyclic) bond motifs is 1. The molecule has 3 aromatic heterocycles. The molecule has 4 heterocycles. The fourth-order valence-corrected chi connectivity index (χ4v) is 3.62. The number of nitrogens with zero attached hydrogens (tertiary/aromatic N) is 6. The molecule has 0 aliphatic carbocycles. The van der Waals surface area contributed by atoms with Crippen LogP contribution >= 0.6 is 0 Å². The molecule has 3 aromatic rings. The Morgan fingerprint density at radius 3 is 2.69 bits per heavy atom. The van der Waals surface area contributed by atoms with Gasteiger partial charge in [0.15, 0.2) is 17.4 Å². The number of hydrogen-bond acceptors (Lipinski definition) is 5. The van der Waals surface area contributed by atoms with Gasteiger partial charge in [0, 0.05) is 39.1 Å². The molecular formula is C21H28N8. The molecule has 1 aliphatic heterocycles. The molecular weight excluding hydrogens is 364 g/mol. The summed E-state index contributed by atoms with van der Waals surface area (Å²) < 4.78 is 1.97. The number of guanidine groups is 1. The second-order valence-corrected chi connectivity index (χ2v) is 7.25. The minimum absolute atomic E-state index is 0.542. The highest BCUT2D eigenvalue weighted by molar-refractivity contribution is 5.79. The van der Waals surface area contributed by atoms with Gasteiger partial charge in [0.05, 0.1) is 6.54 Å². The molecule has 2 N–H and O–H groups in total. The van der Waals surface area contributed by atoms with Crippen LogP contribution in [0.25, 0.3) is 5.65 Å². The molecule has 0 amide bonds. The maximum Gasteiger partial charge on any atom is 0.191 e. The number of nitrogens with one attached hydrogen (secondary N) is 2. The van der Waals surface area contributed by atoms with Crippen LogP contribution in [0.1, 0.15) is 37.1 Å². The van der Waals surface area contributed by atoms with Crippen molar-refractivity contribution in [1.82, 2.24) is 30.2 Å². The minimum atomic E-state index is 0.542. The predicted molar refractivity (Wildman–Crippen MR) is 115 cm³/mol. The van der Waals surface area contributed by atoms with Crippen molar-refractivity contribution in [1.29, 1.82) is 0 Å². The van der Waals surface area contributed by atoms with Gasteiger partial charge in [-0.05, 0) is 42.7 Å². The Labute approximate surface area is 171 Å². The zero-order valence-corrected chi connectivity index (χ0v) is 16.9. The summed E-state index contributed by atoms with van der Waals surface area (Å²) in [4.78, 5) is 11.3. The molecule has 8 heteroatoms. The highest BCUT2D eigenvalue weighted by atomic mass is 15.3. The molecule has 1 aliphatic rings. The third kappa shape index (κ3) is 4.82. The van der Waals surface area contributed by atoms with E-state index in [0.717, 1.165) is 36.3 Å². The van der Waals surface area contributed by atoms with Crippen molar-refractivity contribution in [2.45, 2.75) is 38.8 Å². The van der Waals surface area contributed by atoms with Gasteiger partial charge < -0.3 is 15.5 Å². The van der Waals surface area contributed by atoms with E-state index in [0.29, 0.717) is 13.1 Å². The highest BCUT2D eigenvalue weighted by Crippen LogP contribution is 2.18. The quantitative estimate of drug-likeness (QED) is 0.512. The Kier molecular flexibility index (Phi) is 6.19. The monoisotopic (exact) mass is 392 g/mol. The molecule has 1 saturated heterocycles. The average Bonchev–Trinajstić information content (AvgIpc) is 2.98. The largest absolute Gasteiger partial charge is 0.357 e. The SMILES string of the molecule is CN=C(NCc1ccnc(N2CCCCCC2)c1)NCc1nnc2ccccn12. The van der Waals surface area contributed by atoms with Crippen LogP contribution in [-0.2, 0) is 13.1 Å². The van der Waals surface area contributed by atoms with Gasteiger partial charge in [0.25, 0.3) is 0 Å². The second-order valence-electron chi connectivity index (χ2n) is 7.25. The lowest BCUT2D eigenvalue weighted by molar-refractivity contribution is 0.726. The lowest BCUT2D eigenvalue weighted by Crippen LogP contribution is -2.36. The number of aromatic nitrogens is 4. The van der Waals surface area contributed by atoms with E-state index < -0.39 is 0 Å². The van der Waals surface area contributed by atoms with Crippen molar-refractivity contribution in [3.63, 3.8) is 0 Å². The fourth-order valence-electron chi connectivity index (χ4n) is 3.62. The third-order valence-corrected chi connectivity index (χ3v) is 5.22. The summed E-state index contributed by atoms with van der Waals surface area (Å²) in [5, 5.41) is 15.1. The van der Waals surface area contributed by atoms with Crippen molar-refractivity contribution in [2.24, 2.45) is 4.99 Å². The maximum atomic E-state index is 4.59. The third-order valence-electron chi connectivity index (χ3n) is 5.22. The first-order chi connectivity index (χ1) is 14.3. The van der Waals surface area contributed by atoms with Crippen LogP contribution in [0.4, 0.5) is 5.82 Å². The Hall–Kier alpha value is -3.16. The molecule has 29 heavy (non-hydrogen) atoms. The standard InChI is InChI=1S/C21H28N8/c1-22-21(25-16-20-27-26-18-8-4-7-13-29(18)20)24-15-17-9-10-23-19(14-17)28-11-5-2-3-6-12-28/h4,7-10,13-14H,2-3,5-6,11-12,15-16H2,1H3,(H2,22,24,25). The summed E-state index contributed by atoms with van der Waals surface area (Å²) >= 11 is 0. The van der Waals surface area contributed by atoms with Crippen molar-refractivity contribution < 1.29 is 0 Å². The first kappa shape index (κ1) is 19.2. The van der Waals surface area contributed by atoms with Gasteiger partial charge in [-0.25, -0.2) is 4.98 Å². The van der Waals surface area contributed by atoms with E-state index in [4.69, 9.17) is 0 Å². The lowest BCUT2D eigenvalue weighted by atomic mass is 10.2. The molecule has 0 aromatic carbocycles. The topological polar surface area (TPSA) is 82.7 Å². The molecule has 152 valence electrons. The average molecular weight is 393 g/mol. The zero-order valence-electron chi connectivity index (χ0n) is 16.9. The Morgan fingerprint density at radius 2 is 1.86 bits per heavy atom. The van der Waals surface area contributed by atoms with Crippen molar-refractivity contribution in [3.8, 4) is 0 Å². The van der Waals surface area contributed by atoms with E-state index in [1.165, 1.54) is 31.2 Å². The van der Waals surface area contributed by atoms with E-state index in [9.17, 15) is 0 Å². The molecule has 0 bridgehead atoms. The molecule has 8 nitrogen and oxygen atoms in total. The zero-order chi connectivity index (χ0) is 19.9. The van der Waals surface area contributed by atoms with E-state index in [-0.39, 0.29) is 0 Å². The summed E-state index contributed by atoms with van der Waals surface area (Å²) in [6, 6.07) is 10.1. The van der Waals surface area contributed by atoms with Gasteiger partial charge in [-0.15, -0.1) is 10.2 Å². The lowest BCUT2D eigenvalue weighted by Gasteiger charge is -2.22. The molecule has 0 saturated carbocycles. The summed E-state index contributed by atoms with van der Waals surface area (Å²) in [7, 11) is 1.77. The van der Waals surface area contributed by atoms with Crippen molar-refractivity contribution in [3.05, 3.63) is 54.1 Å². The fraction of sp³-hybridized carbons (Fsp3) is 0.429. The predicted octanol–water partition coefficient (Wildman–Crippen LogP) is 2.37. The van der Waals surface area contributed by atoms with E-state index in [1.54, 1.807) is 7.05 Å². The maximum absolute atomic E-state index is 4.59. The summed E-state index contributed by atoms with van der Waals surface area (Å²) in [6.07, 6.45) is 9.00. The Bertz CT molecular complexity index is 956. The van der Waals surface area contributed by atoms with Crippen molar-refractivity contribution >= 4 is 17.4 Å². The van der Waals surface area contributed by atoms with Gasteiger partial charge in [0.2, 0.25) is 0 Å². The highest BCUT2D eigenvalue weighted by Gasteiger charge is 2.11. The summed E-state index contributed by atoms with van der Waals surface area (Å²) in [5.74, 6) is 2.64. The van der Waals surface area contributed by atoms with Gasteiger partial charge in [-0.1, -0.05) is 18.9 Å². The molecule has 0 atom stereocenters. The molecule has 0 unspecified atom stereocenters. The van der Waals surface area contributed by atoms with Crippen molar-refractivity contribution in [2.75, 3.05) is 25.0 Å². The van der Waals surface area contributed by atoms with Gasteiger partial charge in [0.1, 0.15) is 5.82 Å². The van der Waals surface area contributed by atoms with E-state index >= 15 is 0 Å². The number of pyridine rings is 2. The van der Waals surface area contributed by atoms with Crippen LogP contribution in [0.5, 0.6) is 0 Å². The smallest absolute Gasteiger partial charge is 0.191 e. The van der Waals surface area contributed by atoms with Gasteiger partial charge in [-0.2, -0.15) is 0 Å². The van der Waals surface area contributed by atoms with Crippen LogP contribution in [-0.4, -0.2) is 45.7 Å². The van der Waals surface area contributed by atoms with Crippen LogP contribution in [0.3, 0.4) is 0 Å².